The van der Waals surface area contributed by atoms with Crippen LogP contribution in [-0.2, 0) is 0 Å². The van der Waals surface area contributed by atoms with Gasteiger partial charge in [-0.2, -0.15) is 11.8 Å². The number of amides is 1. The average molecular weight is 307 g/mol. The molecule has 116 valence electrons. The van der Waals surface area contributed by atoms with Crippen molar-refractivity contribution >= 4 is 29.0 Å². The van der Waals surface area contributed by atoms with Crippen LogP contribution in [0.1, 0.15) is 37.6 Å². The Bertz CT molecular complexity index is 516. The fraction of sp³-hybridized carbons (Fsp3) is 0.562. The molecule has 0 spiro atoms. The predicted molar refractivity (Wildman–Crippen MR) is 92.2 cm³/mol. The van der Waals surface area contributed by atoms with Crippen molar-refractivity contribution in [2.24, 2.45) is 0 Å². The molecule has 1 fully saturated rings. The Hall–Kier alpha value is -1.36. The van der Waals surface area contributed by atoms with Crippen LogP contribution in [-0.4, -0.2) is 36.0 Å². The standard InChI is InChI=1S/C16H25N3OS/c1-4-18-15(20)12-5-6-14(13(17)11-12)19-8-7-16(2,3)21-10-9-19/h5-6,11H,4,7-10,17H2,1-3H3,(H,18,20). The monoisotopic (exact) mass is 307 g/mol. The number of nitrogens with two attached hydrogens (primary N) is 1. The molecule has 2 rings (SSSR count). The van der Waals surface area contributed by atoms with Crippen LogP contribution in [0.5, 0.6) is 0 Å². The second-order valence-electron chi connectivity index (χ2n) is 5.98. The summed E-state index contributed by atoms with van der Waals surface area (Å²) in [4.78, 5) is 14.2. The van der Waals surface area contributed by atoms with E-state index in [0.29, 0.717) is 22.5 Å². The topological polar surface area (TPSA) is 58.4 Å². The molecule has 4 nitrogen and oxygen atoms in total. The molecule has 0 unspecified atom stereocenters. The molecule has 0 bridgehead atoms. The molecular formula is C16H25N3OS. The maximum atomic E-state index is 11.8. The molecule has 1 amide bonds. The summed E-state index contributed by atoms with van der Waals surface area (Å²) in [7, 11) is 0. The second-order valence-corrected chi connectivity index (χ2v) is 7.78. The molecule has 1 aromatic carbocycles. The third kappa shape index (κ3) is 4.06. The summed E-state index contributed by atoms with van der Waals surface area (Å²) in [5, 5.41) is 2.80. The lowest BCUT2D eigenvalue weighted by Gasteiger charge is -2.25. The van der Waals surface area contributed by atoms with E-state index in [-0.39, 0.29) is 5.91 Å². The van der Waals surface area contributed by atoms with Crippen molar-refractivity contribution in [1.29, 1.82) is 0 Å². The number of nitrogens with zero attached hydrogens (tertiary/aromatic N) is 1. The van der Waals surface area contributed by atoms with Crippen molar-refractivity contribution in [3.8, 4) is 0 Å². The Balaban J connectivity index is 2.15. The van der Waals surface area contributed by atoms with Gasteiger partial charge in [0, 0.05) is 35.7 Å². The Labute approximate surface area is 131 Å². The summed E-state index contributed by atoms with van der Waals surface area (Å²) in [6.07, 6.45) is 1.13. The molecule has 0 atom stereocenters. The highest BCUT2D eigenvalue weighted by Gasteiger charge is 2.24. The zero-order chi connectivity index (χ0) is 15.5. The highest BCUT2D eigenvalue weighted by molar-refractivity contribution is 8.00. The van der Waals surface area contributed by atoms with Crippen LogP contribution in [0.25, 0.3) is 0 Å². The van der Waals surface area contributed by atoms with E-state index in [9.17, 15) is 4.79 Å². The van der Waals surface area contributed by atoms with Gasteiger partial charge in [0.05, 0.1) is 11.4 Å². The smallest absolute Gasteiger partial charge is 0.251 e. The molecule has 1 aliphatic rings. The molecule has 0 aliphatic carbocycles. The van der Waals surface area contributed by atoms with Gasteiger partial charge in [0.1, 0.15) is 0 Å². The van der Waals surface area contributed by atoms with Crippen molar-refractivity contribution in [1.82, 2.24) is 5.32 Å². The third-order valence-corrected chi connectivity index (χ3v) is 5.18. The normalized spacial score (nSPS) is 18.1. The molecule has 21 heavy (non-hydrogen) atoms. The first-order valence-electron chi connectivity index (χ1n) is 7.49. The fourth-order valence-corrected chi connectivity index (χ4v) is 3.61. The minimum absolute atomic E-state index is 0.0664. The van der Waals surface area contributed by atoms with E-state index in [1.54, 1.807) is 6.07 Å². The summed E-state index contributed by atoms with van der Waals surface area (Å²) in [6.45, 7) is 9.13. The van der Waals surface area contributed by atoms with E-state index in [0.717, 1.165) is 31.0 Å². The lowest BCUT2D eigenvalue weighted by Crippen LogP contribution is -2.28. The zero-order valence-electron chi connectivity index (χ0n) is 13.1. The number of nitrogens with one attached hydrogen (secondary N) is 1. The van der Waals surface area contributed by atoms with Gasteiger partial charge in [-0.1, -0.05) is 13.8 Å². The molecule has 0 radical (unpaired) electrons. The van der Waals surface area contributed by atoms with Crippen LogP contribution in [0.4, 0.5) is 11.4 Å². The van der Waals surface area contributed by atoms with Crippen LogP contribution >= 0.6 is 11.8 Å². The van der Waals surface area contributed by atoms with Crippen molar-refractivity contribution in [3.63, 3.8) is 0 Å². The lowest BCUT2D eigenvalue weighted by atomic mass is 10.1. The highest BCUT2D eigenvalue weighted by Crippen LogP contribution is 2.34. The zero-order valence-corrected chi connectivity index (χ0v) is 13.9. The average Bonchev–Trinajstić information content (AvgIpc) is 2.60. The number of anilines is 2. The van der Waals surface area contributed by atoms with Gasteiger partial charge < -0.3 is 16.0 Å². The van der Waals surface area contributed by atoms with E-state index < -0.39 is 0 Å². The maximum absolute atomic E-state index is 11.8. The Morgan fingerprint density at radius 1 is 1.43 bits per heavy atom. The van der Waals surface area contributed by atoms with E-state index in [2.05, 4.69) is 24.1 Å². The van der Waals surface area contributed by atoms with E-state index in [1.807, 2.05) is 30.8 Å². The Morgan fingerprint density at radius 2 is 2.19 bits per heavy atom. The maximum Gasteiger partial charge on any atom is 0.251 e. The fourth-order valence-electron chi connectivity index (χ4n) is 2.51. The van der Waals surface area contributed by atoms with Crippen LogP contribution < -0.4 is 16.0 Å². The van der Waals surface area contributed by atoms with Crippen molar-refractivity contribution < 1.29 is 4.79 Å². The minimum atomic E-state index is -0.0664. The molecule has 1 heterocycles. The van der Waals surface area contributed by atoms with E-state index in [4.69, 9.17) is 5.73 Å². The molecule has 1 aliphatic heterocycles. The molecule has 1 aromatic rings. The quantitative estimate of drug-likeness (QED) is 0.843. The number of hydrogen-bond acceptors (Lipinski definition) is 4. The first-order chi connectivity index (χ1) is 9.93. The van der Waals surface area contributed by atoms with Gasteiger partial charge in [-0.15, -0.1) is 0 Å². The SMILES string of the molecule is CCNC(=O)c1ccc(N2CCSC(C)(C)CC2)c(N)c1. The van der Waals surface area contributed by atoms with E-state index >= 15 is 0 Å². The number of thioether (sulfide) groups is 1. The summed E-state index contributed by atoms with van der Waals surface area (Å²) in [5.74, 6) is 1.04. The largest absolute Gasteiger partial charge is 0.397 e. The third-order valence-electron chi connectivity index (χ3n) is 3.81. The van der Waals surface area contributed by atoms with Crippen molar-refractivity contribution in [3.05, 3.63) is 23.8 Å². The highest BCUT2D eigenvalue weighted by atomic mass is 32.2. The Kier molecular flexibility index (Phi) is 5.04. The molecule has 5 heteroatoms. The van der Waals surface area contributed by atoms with Crippen molar-refractivity contribution in [2.75, 3.05) is 36.0 Å². The summed E-state index contributed by atoms with van der Waals surface area (Å²) < 4.78 is 0.324. The lowest BCUT2D eigenvalue weighted by molar-refractivity contribution is 0.0956. The minimum Gasteiger partial charge on any atom is -0.397 e. The van der Waals surface area contributed by atoms with Gasteiger partial charge in [0.15, 0.2) is 0 Å². The summed E-state index contributed by atoms with van der Waals surface area (Å²) in [5.41, 5.74) is 8.53. The summed E-state index contributed by atoms with van der Waals surface area (Å²) >= 11 is 2.01. The Morgan fingerprint density at radius 3 is 2.86 bits per heavy atom. The molecule has 0 aromatic heterocycles. The van der Waals surface area contributed by atoms with E-state index in [1.165, 1.54) is 0 Å². The number of carbonyl (C=O) groups excluding carboxylic acids is 1. The number of carbonyl (C=O) groups is 1. The molecular weight excluding hydrogens is 282 g/mol. The van der Waals surface area contributed by atoms with Gasteiger partial charge >= 0.3 is 0 Å². The predicted octanol–water partition coefficient (Wildman–Crippen LogP) is 2.74. The van der Waals surface area contributed by atoms with Crippen LogP contribution in [0, 0.1) is 0 Å². The van der Waals surface area contributed by atoms with Gasteiger partial charge in [-0.25, -0.2) is 0 Å². The molecule has 0 saturated carbocycles. The van der Waals surface area contributed by atoms with Gasteiger partial charge in [0.2, 0.25) is 0 Å². The summed E-state index contributed by atoms with van der Waals surface area (Å²) in [6, 6.07) is 5.62. The first-order valence-corrected chi connectivity index (χ1v) is 8.48. The van der Waals surface area contributed by atoms with Crippen molar-refractivity contribution in [2.45, 2.75) is 31.9 Å². The van der Waals surface area contributed by atoms with Gasteiger partial charge in [0.25, 0.3) is 5.91 Å². The molecule has 1 saturated heterocycles. The van der Waals surface area contributed by atoms with Gasteiger partial charge in [-0.05, 0) is 31.5 Å². The number of rotatable bonds is 3. The van der Waals surface area contributed by atoms with Crippen LogP contribution in [0.3, 0.4) is 0 Å². The van der Waals surface area contributed by atoms with Crippen LogP contribution in [0.2, 0.25) is 0 Å². The number of nitrogen functional groups attached to an aromatic ring is 1. The number of hydrogen-bond donors (Lipinski definition) is 2. The van der Waals surface area contributed by atoms with Gasteiger partial charge in [-0.3, -0.25) is 4.79 Å². The number of benzene rings is 1. The van der Waals surface area contributed by atoms with Crippen LogP contribution in [0.15, 0.2) is 18.2 Å². The molecule has 3 N–H and O–H groups in total. The second kappa shape index (κ2) is 6.60. The first kappa shape index (κ1) is 16.0.